The van der Waals surface area contributed by atoms with E-state index in [0.717, 1.165) is 0 Å². The standard InChI is InChI=1S/C24H28O9/c1-24(2)32-20(21(33-24)23(26)30-6)15-9-7-8-14(10-15)17-11-16(28-4)12-18(31-13-27-3)19(17)22(25)29-5/h7-12,20-21H,13H2,1-6H3/t20-,21+/m1/s1. The lowest BCUT2D eigenvalue weighted by Gasteiger charge is -2.19. The molecular weight excluding hydrogens is 432 g/mol. The van der Waals surface area contributed by atoms with Crippen LogP contribution in [0.15, 0.2) is 36.4 Å². The van der Waals surface area contributed by atoms with Gasteiger partial charge in [0.05, 0.1) is 21.3 Å². The Kier molecular flexibility index (Phi) is 7.57. The molecule has 178 valence electrons. The van der Waals surface area contributed by atoms with Crippen molar-refractivity contribution in [1.29, 1.82) is 0 Å². The maximum atomic E-state index is 12.7. The van der Waals surface area contributed by atoms with Gasteiger partial charge in [-0.05, 0) is 37.1 Å². The molecular formula is C24H28O9. The molecule has 9 heteroatoms. The third kappa shape index (κ3) is 5.27. The number of ether oxygens (including phenoxy) is 7. The molecule has 0 aromatic heterocycles. The summed E-state index contributed by atoms with van der Waals surface area (Å²) in [7, 11) is 5.58. The highest BCUT2D eigenvalue weighted by Gasteiger charge is 2.46. The minimum atomic E-state index is -0.978. The number of benzene rings is 2. The Morgan fingerprint density at radius 3 is 2.39 bits per heavy atom. The second-order valence-electron chi connectivity index (χ2n) is 7.72. The maximum absolute atomic E-state index is 12.7. The number of esters is 2. The number of rotatable bonds is 8. The van der Waals surface area contributed by atoms with Gasteiger partial charge in [0.1, 0.15) is 23.2 Å². The number of hydrogen-bond acceptors (Lipinski definition) is 9. The zero-order valence-electron chi connectivity index (χ0n) is 19.5. The molecule has 2 aromatic carbocycles. The highest BCUT2D eigenvalue weighted by atomic mass is 16.8. The fourth-order valence-electron chi connectivity index (χ4n) is 3.66. The van der Waals surface area contributed by atoms with Crippen molar-refractivity contribution in [2.75, 3.05) is 35.2 Å². The Balaban J connectivity index is 2.13. The van der Waals surface area contributed by atoms with Gasteiger partial charge in [-0.3, -0.25) is 0 Å². The molecule has 0 unspecified atom stereocenters. The van der Waals surface area contributed by atoms with Gasteiger partial charge in [0.15, 0.2) is 18.7 Å². The summed E-state index contributed by atoms with van der Waals surface area (Å²) in [5, 5.41) is 0. The van der Waals surface area contributed by atoms with Crippen LogP contribution in [0.1, 0.15) is 35.9 Å². The first kappa shape index (κ1) is 24.5. The van der Waals surface area contributed by atoms with E-state index in [2.05, 4.69) is 0 Å². The van der Waals surface area contributed by atoms with Crippen LogP contribution in [-0.2, 0) is 28.5 Å². The van der Waals surface area contributed by atoms with E-state index in [4.69, 9.17) is 33.2 Å². The first-order valence-corrected chi connectivity index (χ1v) is 10.2. The summed E-state index contributed by atoms with van der Waals surface area (Å²) in [4.78, 5) is 25.0. The smallest absolute Gasteiger partial charge is 0.342 e. The van der Waals surface area contributed by atoms with E-state index in [0.29, 0.717) is 22.4 Å². The lowest BCUT2D eigenvalue weighted by atomic mass is 9.94. The third-order valence-corrected chi connectivity index (χ3v) is 5.09. The van der Waals surface area contributed by atoms with Crippen LogP contribution < -0.4 is 9.47 Å². The molecule has 0 spiro atoms. The molecule has 0 saturated carbocycles. The largest absolute Gasteiger partial charge is 0.497 e. The zero-order chi connectivity index (χ0) is 24.2. The average molecular weight is 460 g/mol. The Labute approximate surface area is 192 Å². The lowest BCUT2D eigenvalue weighted by molar-refractivity contribution is -0.168. The lowest BCUT2D eigenvalue weighted by Crippen LogP contribution is -2.29. The Morgan fingerprint density at radius 1 is 1.00 bits per heavy atom. The van der Waals surface area contributed by atoms with Crippen LogP contribution in [0.5, 0.6) is 11.5 Å². The molecule has 0 amide bonds. The van der Waals surface area contributed by atoms with Gasteiger partial charge in [0.25, 0.3) is 0 Å². The van der Waals surface area contributed by atoms with E-state index >= 15 is 0 Å². The number of carbonyl (C=O) groups is 2. The van der Waals surface area contributed by atoms with Crippen molar-refractivity contribution in [2.45, 2.75) is 31.8 Å². The molecule has 1 aliphatic heterocycles. The first-order valence-electron chi connectivity index (χ1n) is 10.2. The Morgan fingerprint density at radius 2 is 1.76 bits per heavy atom. The Hall–Kier alpha value is -3.14. The summed E-state index contributed by atoms with van der Waals surface area (Å²) in [6, 6.07) is 10.5. The molecule has 2 aromatic rings. The highest BCUT2D eigenvalue weighted by molar-refractivity contribution is 6.00. The van der Waals surface area contributed by atoms with Gasteiger partial charge < -0.3 is 33.2 Å². The van der Waals surface area contributed by atoms with Crippen molar-refractivity contribution >= 4 is 11.9 Å². The fourth-order valence-corrected chi connectivity index (χ4v) is 3.66. The quantitative estimate of drug-likeness (QED) is 0.433. The molecule has 33 heavy (non-hydrogen) atoms. The predicted molar refractivity (Wildman–Crippen MR) is 117 cm³/mol. The van der Waals surface area contributed by atoms with Crippen molar-refractivity contribution in [1.82, 2.24) is 0 Å². The Bertz CT molecular complexity index is 1010. The maximum Gasteiger partial charge on any atom is 0.342 e. The predicted octanol–water partition coefficient (Wildman–Crippen LogP) is 3.50. The monoisotopic (exact) mass is 460 g/mol. The van der Waals surface area contributed by atoms with Crippen molar-refractivity contribution in [2.24, 2.45) is 0 Å². The molecule has 0 bridgehead atoms. The summed E-state index contributed by atoms with van der Waals surface area (Å²) >= 11 is 0. The van der Waals surface area contributed by atoms with Gasteiger partial charge in [-0.1, -0.05) is 18.2 Å². The summed E-state index contributed by atoms with van der Waals surface area (Å²) in [5.74, 6) is -1.38. The van der Waals surface area contributed by atoms with E-state index in [9.17, 15) is 9.59 Å². The van der Waals surface area contributed by atoms with Crippen LogP contribution in [0.25, 0.3) is 11.1 Å². The van der Waals surface area contributed by atoms with Gasteiger partial charge in [-0.15, -0.1) is 0 Å². The van der Waals surface area contributed by atoms with Gasteiger partial charge in [0, 0.05) is 18.7 Å². The SMILES string of the molecule is COCOc1cc(OC)cc(-c2cccc([C@H]3OC(C)(C)O[C@@H]3C(=O)OC)c2)c1C(=O)OC. The molecule has 1 aliphatic rings. The molecule has 1 heterocycles. The number of carbonyl (C=O) groups excluding carboxylic acids is 2. The molecule has 0 radical (unpaired) electrons. The van der Waals surface area contributed by atoms with Crippen LogP contribution in [0.2, 0.25) is 0 Å². The molecule has 1 fully saturated rings. The zero-order valence-corrected chi connectivity index (χ0v) is 19.5. The molecule has 2 atom stereocenters. The number of methoxy groups -OCH3 is 4. The normalized spacial score (nSPS) is 19.1. The van der Waals surface area contributed by atoms with E-state index in [-0.39, 0.29) is 18.1 Å². The fraction of sp³-hybridized carbons (Fsp3) is 0.417. The van der Waals surface area contributed by atoms with E-state index < -0.39 is 29.9 Å². The van der Waals surface area contributed by atoms with Crippen LogP contribution in [0.3, 0.4) is 0 Å². The van der Waals surface area contributed by atoms with E-state index in [1.165, 1.54) is 28.4 Å². The van der Waals surface area contributed by atoms with Crippen LogP contribution in [-0.4, -0.2) is 59.1 Å². The summed E-state index contributed by atoms with van der Waals surface area (Å²) in [6.45, 7) is 3.38. The summed E-state index contributed by atoms with van der Waals surface area (Å²) in [5.41, 5.74) is 2.06. The summed E-state index contributed by atoms with van der Waals surface area (Å²) < 4.78 is 37.7. The van der Waals surface area contributed by atoms with Crippen molar-refractivity contribution in [3.63, 3.8) is 0 Å². The van der Waals surface area contributed by atoms with Gasteiger partial charge in [0.2, 0.25) is 0 Å². The minimum absolute atomic E-state index is 0.0697. The molecule has 3 rings (SSSR count). The highest BCUT2D eigenvalue weighted by Crippen LogP contribution is 2.41. The van der Waals surface area contributed by atoms with Crippen LogP contribution in [0.4, 0.5) is 0 Å². The first-order chi connectivity index (χ1) is 15.7. The average Bonchev–Trinajstić information content (AvgIpc) is 3.16. The molecule has 1 saturated heterocycles. The summed E-state index contributed by atoms with van der Waals surface area (Å²) in [6.07, 6.45) is -1.64. The molecule has 9 nitrogen and oxygen atoms in total. The van der Waals surface area contributed by atoms with Gasteiger partial charge in [-0.2, -0.15) is 0 Å². The third-order valence-electron chi connectivity index (χ3n) is 5.09. The number of hydrogen-bond donors (Lipinski definition) is 0. The second kappa shape index (κ2) is 10.2. The van der Waals surface area contributed by atoms with Crippen LogP contribution >= 0.6 is 0 Å². The van der Waals surface area contributed by atoms with Crippen molar-refractivity contribution < 1.29 is 42.7 Å². The van der Waals surface area contributed by atoms with Crippen molar-refractivity contribution in [3.05, 3.63) is 47.5 Å². The van der Waals surface area contributed by atoms with E-state index in [1.54, 1.807) is 32.0 Å². The molecule has 0 N–H and O–H groups in total. The van der Waals surface area contributed by atoms with E-state index in [1.807, 2.05) is 18.2 Å². The van der Waals surface area contributed by atoms with Gasteiger partial charge >= 0.3 is 11.9 Å². The topological polar surface area (TPSA) is 98.8 Å². The van der Waals surface area contributed by atoms with Crippen molar-refractivity contribution in [3.8, 4) is 22.6 Å². The van der Waals surface area contributed by atoms with Crippen LogP contribution in [0, 0.1) is 0 Å². The minimum Gasteiger partial charge on any atom is -0.497 e. The molecule has 0 aliphatic carbocycles. The van der Waals surface area contributed by atoms with Gasteiger partial charge in [-0.25, -0.2) is 9.59 Å². The second-order valence-corrected chi connectivity index (χ2v) is 7.72.